The van der Waals surface area contributed by atoms with Crippen LogP contribution in [-0.2, 0) is 4.74 Å². The average molecular weight is 303 g/mol. The molecule has 20 heavy (non-hydrogen) atoms. The number of aryl methyl sites for hydroxylation is 1. The molecule has 0 radical (unpaired) electrons. The van der Waals surface area contributed by atoms with Crippen LogP contribution < -0.4 is 0 Å². The molecule has 3 nitrogen and oxygen atoms in total. The lowest BCUT2D eigenvalue weighted by atomic mass is 10.0. The highest BCUT2D eigenvalue weighted by molar-refractivity contribution is 7.78. The van der Waals surface area contributed by atoms with E-state index in [9.17, 15) is 4.79 Å². The van der Waals surface area contributed by atoms with Crippen molar-refractivity contribution in [2.45, 2.75) is 13.8 Å². The Kier molecular flexibility index (Phi) is 4.79. The van der Waals surface area contributed by atoms with Gasteiger partial charge in [0.15, 0.2) is 0 Å². The summed E-state index contributed by atoms with van der Waals surface area (Å²) in [4.78, 5) is 17.2. The van der Waals surface area contributed by atoms with Gasteiger partial charge in [0.25, 0.3) is 0 Å². The van der Waals surface area contributed by atoms with E-state index in [0.29, 0.717) is 17.2 Å². The zero-order chi connectivity index (χ0) is 14.5. The maximum Gasteiger partial charge on any atom is 0.341 e. The van der Waals surface area contributed by atoms with Crippen molar-refractivity contribution in [2.24, 2.45) is 4.99 Å². The van der Waals surface area contributed by atoms with E-state index < -0.39 is 0 Å². The van der Waals surface area contributed by atoms with Gasteiger partial charge in [-0.15, -0.1) is 11.3 Å². The van der Waals surface area contributed by atoms with Crippen LogP contribution in [0.2, 0.25) is 0 Å². The van der Waals surface area contributed by atoms with Crippen LogP contribution in [0.1, 0.15) is 22.2 Å². The predicted octanol–water partition coefficient (Wildman–Crippen LogP) is 4.63. The Labute approximate surface area is 126 Å². The Hall–Kier alpha value is -1.81. The van der Waals surface area contributed by atoms with E-state index in [1.54, 1.807) is 6.92 Å². The zero-order valence-electron chi connectivity index (χ0n) is 11.2. The third kappa shape index (κ3) is 2.85. The third-order valence-corrected chi connectivity index (χ3v) is 3.85. The van der Waals surface area contributed by atoms with Gasteiger partial charge >= 0.3 is 5.97 Å². The van der Waals surface area contributed by atoms with Gasteiger partial charge in [0.1, 0.15) is 10.6 Å². The van der Waals surface area contributed by atoms with Gasteiger partial charge < -0.3 is 4.74 Å². The highest BCUT2D eigenvalue weighted by atomic mass is 32.1. The molecule has 0 aliphatic rings. The van der Waals surface area contributed by atoms with E-state index in [2.05, 4.69) is 22.4 Å². The van der Waals surface area contributed by atoms with Gasteiger partial charge in [0.05, 0.1) is 11.8 Å². The molecule has 0 amide bonds. The summed E-state index contributed by atoms with van der Waals surface area (Å²) in [7, 11) is 0. The second-order valence-electron chi connectivity index (χ2n) is 4.00. The summed E-state index contributed by atoms with van der Waals surface area (Å²) in [5.41, 5.74) is 2.30. The highest BCUT2D eigenvalue weighted by Crippen LogP contribution is 2.41. The Morgan fingerprint density at radius 1 is 1.40 bits per heavy atom. The normalized spacial score (nSPS) is 9.90. The molecule has 0 fully saturated rings. The van der Waals surface area contributed by atoms with Crippen molar-refractivity contribution < 1.29 is 9.53 Å². The molecule has 0 N–H and O–H groups in total. The van der Waals surface area contributed by atoms with Crippen molar-refractivity contribution in [3.63, 3.8) is 0 Å². The molecule has 0 unspecified atom stereocenters. The standard InChI is InChI=1S/C15H13NO2S2/c1-3-18-15(17)13-12(11-7-5-4-6-8-11)10(2)20-14(13)16-9-19/h4-8H,3H2,1-2H3. The molecule has 2 rings (SSSR count). The Balaban J connectivity index is 2.67. The quantitative estimate of drug-likeness (QED) is 0.469. The van der Waals surface area contributed by atoms with E-state index in [4.69, 9.17) is 4.74 Å². The van der Waals surface area contributed by atoms with Crippen LogP contribution >= 0.6 is 23.6 Å². The molecule has 0 bridgehead atoms. The molecule has 0 saturated carbocycles. The second kappa shape index (κ2) is 6.57. The van der Waals surface area contributed by atoms with Crippen molar-refractivity contribution in [3.8, 4) is 11.1 Å². The lowest BCUT2D eigenvalue weighted by Crippen LogP contribution is -2.05. The van der Waals surface area contributed by atoms with Crippen molar-refractivity contribution in [1.82, 2.24) is 0 Å². The minimum absolute atomic E-state index is 0.322. The number of ether oxygens (including phenoxy) is 1. The molecule has 0 aliphatic heterocycles. The average Bonchev–Trinajstić information content (AvgIpc) is 2.77. The lowest BCUT2D eigenvalue weighted by Gasteiger charge is -2.06. The number of esters is 1. The molecule has 1 aromatic heterocycles. The summed E-state index contributed by atoms with van der Waals surface area (Å²) in [5.74, 6) is -0.375. The van der Waals surface area contributed by atoms with Crippen molar-refractivity contribution in [2.75, 3.05) is 6.61 Å². The van der Waals surface area contributed by atoms with Crippen LogP contribution in [0.25, 0.3) is 11.1 Å². The van der Waals surface area contributed by atoms with Gasteiger partial charge in [-0.2, -0.15) is 4.99 Å². The minimum Gasteiger partial charge on any atom is -0.462 e. The zero-order valence-corrected chi connectivity index (χ0v) is 12.8. The minimum atomic E-state index is -0.375. The van der Waals surface area contributed by atoms with Crippen LogP contribution in [0.4, 0.5) is 5.00 Å². The molecule has 102 valence electrons. The van der Waals surface area contributed by atoms with E-state index in [1.165, 1.54) is 11.3 Å². The largest absolute Gasteiger partial charge is 0.462 e. The van der Waals surface area contributed by atoms with Crippen LogP contribution in [0.3, 0.4) is 0 Å². The number of thiocarbonyl (C=S) groups is 1. The number of carbonyl (C=O) groups excluding carboxylic acids is 1. The van der Waals surface area contributed by atoms with Crippen LogP contribution in [0.15, 0.2) is 35.3 Å². The van der Waals surface area contributed by atoms with E-state index in [0.717, 1.165) is 16.0 Å². The topological polar surface area (TPSA) is 38.7 Å². The molecule has 1 heterocycles. The smallest absolute Gasteiger partial charge is 0.341 e. The van der Waals surface area contributed by atoms with Crippen LogP contribution in [0.5, 0.6) is 0 Å². The number of hydrogen-bond acceptors (Lipinski definition) is 5. The maximum absolute atomic E-state index is 12.2. The van der Waals surface area contributed by atoms with E-state index in [1.807, 2.05) is 37.3 Å². The predicted molar refractivity (Wildman–Crippen MR) is 85.1 cm³/mol. The summed E-state index contributed by atoms with van der Waals surface area (Å²) >= 11 is 6.07. The second-order valence-corrected chi connectivity index (χ2v) is 5.39. The van der Waals surface area contributed by atoms with Gasteiger partial charge in [-0.3, -0.25) is 0 Å². The fourth-order valence-electron chi connectivity index (χ4n) is 2.00. The summed E-state index contributed by atoms with van der Waals surface area (Å²) in [6, 6.07) is 9.73. The highest BCUT2D eigenvalue weighted by Gasteiger charge is 2.23. The molecule has 2 aromatic rings. The maximum atomic E-state index is 12.2. The molecule has 5 heteroatoms. The Bertz CT molecular complexity index is 671. The first kappa shape index (κ1) is 14.6. The van der Waals surface area contributed by atoms with Gasteiger partial charge in [0, 0.05) is 10.4 Å². The number of hydrogen-bond donors (Lipinski definition) is 0. The van der Waals surface area contributed by atoms with Crippen molar-refractivity contribution in [1.29, 1.82) is 0 Å². The van der Waals surface area contributed by atoms with Crippen molar-refractivity contribution >= 4 is 39.7 Å². The number of thiophene rings is 1. The number of nitrogens with zero attached hydrogens (tertiary/aromatic N) is 1. The number of benzene rings is 1. The fraction of sp³-hybridized carbons (Fsp3) is 0.200. The summed E-state index contributed by atoms with van der Waals surface area (Å²) in [6.45, 7) is 4.06. The molecule has 0 aliphatic carbocycles. The summed E-state index contributed by atoms with van der Waals surface area (Å²) < 4.78 is 5.14. The first-order valence-electron chi connectivity index (χ1n) is 6.12. The molecule has 0 spiro atoms. The third-order valence-electron chi connectivity index (χ3n) is 2.75. The first-order chi connectivity index (χ1) is 9.69. The monoisotopic (exact) mass is 303 g/mol. The van der Waals surface area contributed by atoms with Crippen LogP contribution in [-0.4, -0.2) is 17.7 Å². The van der Waals surface area contributed by atoms with Gasteiger partial charge in [-0.1, -0.05) is 30.3 Å². The van der Waals surface area contributed by atoms with Gasteiger partial charge in [-0.25, -0.2) is 4.79 Å². The number of isothiocyanates is 1. The SMILES string of the molecule is CCOC(=O)c1c(N=C=S)sc(C)c1-c1ccccc1. The van der Waals surface area contributed by atoms with E-state index >= 15 is 0 Å². The fourth-order valence-corrected chi connectivity index (χ4v) is 3.14. The van der Waals surface area contributed by atoms with Crippen molar-refractivity contribution in [3.05, 3.63) is 40.8 Å². The number of rotatable bonds is 4. The van der Waals surface area contributed by atoms with E-state index in [-0.39, 0.29) is 5.97 Å². The summed E-state index contributed by atoms with van der Waals surface area (Å²) in [6.07, 6.45) is 0. The molecule has 0 atom stereocenters. The Morgan fingerprint density at radius 2 is 2.10 bits per heavy atom. The lowest BCUT2D eigenvalue weighted by molar-refractivity contribution is 0.0529. The first-order valence-corrected chi connectivity index (χ1v) is 7.35. The number of aliphatic imine (C=N–C) groups is 1. The Morgan fingerprint density at radius 3 is 2.70 bits per heavy atom. The number of carbonyl (C=O) groups is 1. The molecule has 0 saturated heterocycles. The molecular formula is C15H13NO2S2. The summed E-state index contributed by atoms with van der Waals surface area (Å²) in [5, 5.41) is 2.88. The molecule has 1 aromatic carbocycles. The van der Waals surface area contributed by atoms with Gasteiger partial charge in [-0.05, 0) is 31.6 Å². The van der Waals surface area contributed by atoms with Gasteiger partial charge in [0.2, 0.25) is 0 Å². The molecular weight excluding hydrogens is 290 g/mol. The van der Waals surface area contributed by atoms with Crippen LogP contribution in [0, 0.1) is 6.92 Å².